The van der Waals surface area contributed by atoms with Gasteiger partial charge in [-0.25, -0.2) is 19.9 Å². The van der Waals surface area contributed by atoms with E-state index in [1.807, 2.05) is 36.4 Å². The van der Waals surface area contributed by atoms with Crippen molar-refractivity contribution < 1.29 is 0 Å². The summed E-state index contributed by atoms with van der Waals surface area (Å²) in [6.45, 7) is 9.12. The molecule has 5 aromatic carbocycles. The minimum absolute atomic E-state index is 0.238. The molecular weight excluding hydrogens is 659 g/mol. The van der Waals surface area contributed by atoms with E-state index in [-0.39, 0.29) is 10.8 Å². The van der Waals surface area contributed by atoms with Gasteiger partial charge in [-0.15, -0.1) is 0 Å². The maximum Gasteiger partial charge on any atom is 0.179 e. The quantitative estimate of drug-likeness (QED) is 0.179. The van der Waals surface area contributed by atoms with Gasteiger partial charge in [0.2, 0.25) is 0 Å². The van der Waals surface area contributed by atoms with Crippen molar-refractivity contribution in [3.8, 4) is 79.1 Å². The van der Waals surface area contributed by atoms with Crippen molar-refractivity contribution in [3.63, 3.8) is 0 Å². The number of rotatable bonds is 5. The van der Waals surface area contributed by atoms with E-state index in [1.165, 1.54) is 22.3 Å². The lowest BCUT2D eigenvalue weighted by Crippen LogP contribution is -2.17. The first-order chi connectivity index (χ1) is 26.3. The maximum absolute atomic E-state index is 5.27. The van der Waals surface area contributed by atoms with Gasteiger partial charge in [-0.3, -0.25) is 4.98 Å². The van der Waals surface area contributed by atoms with Crippen LogP contribution in [-0.2, 0) is 10.8 Å². The molecule has 0 spiro atoms. The van der Waals surface area contributed by atoms with Gasteiger partial charge in [0.25, 0.3) is 0 Å². The van der Waals surface area contributed by atoms with Crippen LogP contribution in [0.5, 0.6) is 0 Å². The number of pyridine rings is 1. The number of hydrogen-bond donors (Lipinski definition) is 0. The second-order valence-corrected chi connectivity index (χ2v) is 15.3. The molecule has 0 fully saturated rings. The molecule has 0 saturated carbocycles. The third kappa shape index (κ3) is 4.88. The molecule has 0 aliphatic heterocycles. The van der Waals surface area contributed by atoms with Gasteiger partial charge in [-0.2, -0.15) is 0 Å². The van der Waals surface area contributed by atoms with Crippen molar-refractivity contribution in [2.45, 2.75) is 38.5 Å². The van der Waals surface area contributed by atoms with E-state index in [9.17, 15) is 0 Å². The van der Waals surface area contributed by atoms with Crippen LogP contribution < -0.4 is 0 Å². The van der Waals surface area contributed by atoms with Crippen molar-refractivity contribution in [1.82, 2.24) is 24.9 Å². The minimum atomic E-state index is -0.254. The summed E-state index contributed by atoms with van der Waals surface area (Å²) in [4.78, 5) is 25.4. The van der Waals surface area contributed by atoms with Crippen LogP contribution in [0.25, 0.3) is 79.1 Å². The molecule has 2 aliphatic rings. The molecule has 5 heteroatoms. The number of aromatic nitrogens is 5. The summed E-state index contributed by atoms with van der Waals surface area (Å²) in [5.74, 6) is 1.37. The van der Waals surface area contributed by atoms with Gasteiger partial charge in [-0.05, 0) is 34.4 Å². The van der Waals surface area contributed by atoms with E-state index >= 15 is 0 Å². The third-order valence-corrected chi connectivity index (χ3v) is 11.4. The van der Waals surface area contributed by atoms with E-state index in [0.29, 0.717) is 5.82 Å². The molecule has 2 aliphatic carbocycles. The second-order valence-electron chi connectivity index (χ2n) is 15.3. The monoisotopic (exact) mass is 695 g/mol. The first-order valence-electron chi connectivity index (χ1n) is 18.5. The summed E-state index contributed by atoms with van der Waals surface area (Å²) < 4.78 is 0. The molecule has 10 rings (SSSR count). The van der Waals surface area contributed by atoms with Crippen molar-refractivity contribution >= 4 is 0 Å². The number of hydrogen-bond acceptors (Lipinski definition) is 5. The lowest BCUT2D eigenvalue weighted by Gasteiger charge is -2.24. The van der Waals surface area contributed by atoms with E-state index in [4.69, 9.17) is 19.9 Å². The summed E-state index contributed by atoms with van der Waals surface area (Å²) in [7, 11) is 0. The van der Waals surface area contributed by atoms with E-state index in [0.717, 1.165) is 73.2 Å². The summed E-state index contributed by atoms with van der Waals surface area (Å²) >= 11 is 0. The highest BCUT2D eigenvalue weighted by Gasteiger charge is 2.41. The molecule has 0 unspecified atom stereocenters. The van der Waals surface area contributed by atoms with Gasteiger partial charge < -0.3 is 0 Å². The van der Waals surface area contributed by atoms with Crippen molar-refractivity contribution in [1.29, 1.82) is 0 Å². The molecule has 0 bridgehead atoms. The van der Waals surface area contributed by atoms with Crippen molar-refractivity contribution in [2.75, 3.05) is 0 Å². The Morgan fingerprint density at radius 2 is 0.778 bits per heavy atom. The lowest BCUT2D eigenvalue weighted by molar-refractivity contribution is 0.657. The summed E-state index contributed by atoms with van der Waals surface area (Å²) in [6.07, 6.45) is 1.80. The fraction of sp³-hybridized carbons (Fsp3) is 0.122. The second kappa shape index (κ2) is 12.0. The summed E-state index contributed by atoms with van der Waals surface area (Å²) in [5, 5.41) is 0. The van der Waals surface area contributed by atoms with E-state index < -0.39 is 0 Å². The molecule has 258 valence electrons. The van der Waals surface area contributed by atoms with Crippen LogP contribution in [0.2, 0.25) is 0 Å². The molecule has 3 aromatic heterocycles. The standard InChI is InChI=1S/C49H37N5/c1-48(2)37-18-10-8-16-35(37)44-40(48)42(51-46(53-44)34-14-6-5-7-15-34)32-25-21-30(22-26-32)31-23-27-33(28-24-31)43-41-45(36-17-9-11-19-38(36)49(41,3)4)54-47(52-43)39-20-12-13-29-50-39/h5-29H,1-4H3. The van der Waals surface area contributed by atoms with Gasteiger partial charge in [0.15, 0.2) is 11.6 Å². The van der Waals surface area contributed by atoms with Crippen LogP contribution in [0, 0.1) is 0 Å². The summed E-state index contributed by atoms with van der Waals surface area (Å²) in [5.41, 5.74) is 16.8. The molecule has 5 nitrogen and oxygen atoms in total. The molecule has 8 aromatic rings. The Morgan fingerprint density at radius 3 is 1.30 bits per heavy atom. The molecule has 3 heterocycles. The van der Waals surface area contributed by atoms with Crippen LogP contribution in [0.15, 0.2) is 152 Å². The Balaban J connectivity index is 1.05. The Morgan fingerprint density at radius 1 is 0.352 bits per heavy atom. The van der Waals surface area contributed by atoms with Crippen molar-refractivity contribution in [3.05, 3.63) is 174 Å². The smallest absolute Gasteiger partial charge is 0.179 e. The Kier molecular flexibility index (Phi) is 7.11. The highest BCUT2D eigenvalue weighted by Crippen LogP contribution is 2.53. The van der Waals surface area contributed by atoms with Crippen LogP contribution in [0.4, 0.5) is 0 Å². The molecule has 0 radical (unpaired) electrons. The average molecular weight is 696 g/mol. The fourth-order valence-corrected chi connectivity index (χ4v) is 8.62. The van der Waals surface area contributed by atoms with E-state index in [2.05, 4.69) is 142 Å². The zero-order valence-electron chi connectivity index (χ0n) is 30.7. The fourth-order valence-electron chi connectivity index (χ4n) is 8.62. The van der Waals surface area contributed by atoms with E-state index in [1.54, 1.807) is 6.20 Å². The molecule has 0 N–H and O–H groups in total. The highest BCUT2D eigenvalue weighted by atomic mass is 14.9. The zero-order chi connectivity index (χ0) is 36.6. The third-order valence-electron chi connectivity index (χ3n) is 11.4. The molecule has 54 heavy (non-hydrogen) atoms. The van der Waals surface area contributed by atoms with Gasteiger partial charge in [0.1, 0.15) is 5.69 Å². The van der Waals surface area contributed by atoms with Gasteiger partial charge in [-0.1, -0.05) is 161 Å². The van der Waals surface area contributed by atoms with Crippen LogP contribution in [-0.4, -0.2) is 24.9 Å². The topological polar surface area (TPSA) is 64.5 Å². The van der Waals surface area contributed by atoms with Crippen LogP contribution >= 0.6 is 0 Å². The predicted octanol–water partition coefficient (Wildman–Crippen LogP) is 11.6. The highest BCUT2D eigenvalue weighted by molar-refractivity contribution is 5.88. The van der Waals surface area contributed by atoms with Gasteiger partial charge in [0, 0.05) is 56.0 Å². The Bertz CT molecular complexity index is 2540. The first-order valence-corrected chi connectivity index (χ1v) is 18.5. The van der Waals surface area contributed by atoms with Crippen molar-refractivity contribution in [2.24, 2.45) is 0 Å². The first kappa shape index (κ1) is 32.1. The van der Waals surface area contributed by atoms with Gasteiger partial charge >= 0.3 is 0 Å². The normalized spacial score (nSPS) is 14.2. The maximum atomic E-state index is 5.27. The largest absolute Gasteiger partial charge is 0.253 e. The lowest BCUT2D eigenvalue weighted by atomic mass is 9.80. The molecule has 0 atom stereocenters. The zero-order valence-corrected chi connectivity index (χ0v) is 30.7. The van der Waals surface area contributed by atoms with Crippen LogP contribution in [0.3, 0.4) is 0 Å². The Labute approximate surface area is 315 Å². The predicted molar refractivity (Wildman–Crippen MR) is 218 cm³/mol. The number of nitrogens with zero attached hydrogens (tertiary/aromatic N) is 5. The average Bonchev–Trinajstić information content (AvgIpc) is 3.60. The number of fused-ring (bicyclic) bond motifs is 6. The Hall–Kier alpha value is -6.59. The molecular formula is C49H37N5. The van der Waals surface area contributed by atoms with Crippen LogP contribution in [0.1, 0.15) is 49.9 Å². The molecule has 0 saturated heterocycles. The molecule has 0 amide bonds. The summed E-state index contributed by atoms with van der Waals surface area (Å²) in [6, 6.07) is 51.0. The minimum Gasteiger partial charge on any atom is -0.253 e. The number of benzene rings is 5. The van der Waals surface area contributed by atoms with Gasteiger partial charge in [0.05, 0.1) is 22.8 Å². The SMILES string of the molecule is CC1(C)c2ccccc2-c2nc(-c3ccccc3)nc(-c3ccc(-c4ccc(-c5nc(-c6ccccn6)nc6c5C(C)(C)c5ccccc5-6)cc4)cc3)c21.